The highest BCUT2D eigenvalue weighted by atomic mass is 14.8. The largest absolute Gasteiger partial charge is 0.280 e. The van der Waals surface area contributed by atoms with Gasteiger partial charge in [-0.1, -0.05) is 31.2 Å². The van der Waals surface area contributed by atoms with Crippen LogP contribution in [0.15, 0.2) is 40.9 Å². The van der Waals surface area contributed by atoms with Crippen LogP contribution >= 0.6 is 0 Å². The SMILES string of the molecule is CCC1=CC(c2ccccc2C)=NC1. The van der Waals surface area contributed by atoms with Crippen LogP contribution in [-0.4, -0.2) is 12.3 Å². The Hall–Kier alpha value is -1.37. The minimum absolute atomic E-state index is 0.889. The first-order valence-electron chi connectivity index (χ1n) is 5.11. The molecule has 1 aliphatic heterocycles. The van der Waals surface area contributed by atoms with Crippen LogP contribution in [0.4, 0.5) is 0 Å². The summed E-state index contributed by atoms with van der Waals surface area (Å²) in [5.74, 6) is 0. The van der Waals surface area contributed by atoms with Gasteiger partial charge in [0.2, 0.25) is 0 Å². The molecular formula is C13H15N. The number of benzene rings is 1. The second-order valence-corrected chi connectivity index (χ2v) is 3.67. The number of aryl methyl sites for hydroxylation is 1. The van der Waals surface area contributed by atoms with E-state index in [2.05, 4.69) is 49.2 Å². The van der Waals surface area contributed by atoms with E-state index in [-0.39, 0.29) is 0 Å². The zero-order valence-corrected chi connectivity index (χ0v) is 8.75. The Kier molecular flexibility index (Phi) is 2.49. The molecule has 0 spiro atoms. The zero-order valence-electron chi connectivity index (χ0n) is 8.75. The lowest BCUT2D eigenvalue weighted by Crippen LogP contribution is -1.96. The van der Waals surface area contributed by atoms with Crippen LogP contribution in [0.5, 0.6) is 0 Å². The molecule has 0 fully saturated rings. The molecule has 14 heavy (non-hydrogen) atoms. The highest BCUT2D eigenvalue weighted by Crippen LogP contribution is 2.17. The molecule has 1 aromatic carbocycles. The van der Waals surface area contributed by atoms with Gasteiger partial charge in [-0.15, -0.1) is 0 Å². The molecule has 0 N–H and O–H groups in total. The van der Waals surface area contributed by atoms with E-state index in [1.165, 1.54) is 16.7 Å². The first-order chi connectivity index (χ1) is 6.81. The van der Waals surface area contributed by atoms with Gasteiger partial charge in [-0.05, 0) is 30.6 Å². The average molecular weight is 185 g/mol. The Labute approximate surface area is 85.2 Å². The summed E-state index contributed by atoms with van der Waals surface area (Å²) >= 11 is 0. The van der Waals surface area contributed by atoms with Crippen molar-refractivity contribution in [2.45, 2.75) is 20.3 Å². The molecule has 0 aromatic heterocycles. The molecule has 0 aliphatic carbocycles. The molecule has 1 nitrogen and oxygen atoms in total. The third kappa shape index (κ3) is 1.63. The second kappa shape index (κ2) is 3.79. The molecule has 0 radical (unpaired) electrons. The normalized spacial score (nSPS) is 15.3. The molecule has 1 aromatic rings. The first kappa shape index (κ1) is 9.20. The highest BCUT2D eigenvalue weighted by molar-refractivity contribution is 6.11. The zero-order chi connectivity index (χ0) is 9.97. The number of hydrogen-bond donors (Lipinski definition) is 0. The topological polar surface area (TPSA) is 12.4 Å². The standard InChI is InChI=1S/C13H15N/c1-3-11-8-13(14-9-11)12-7-5-4-6-10(12)2/h4-8H,3,9H2,1-2H3. The maximum Gasteiger partial charge on any atom is 0.0653 e. The number of rotatable bonds is 2. The predicted molar refractivity (Wildman–Crippen MR) is 61.0 cm³/mol. The van der Waals surface area contributed by atoms with Crippen molar-refractivity contribution in [2.75, 3.05) is 6.54 Å². The lowest BCUT2D eigenvalue weighted by atomic mass is 10.0. The molecule has 0 atom stereocenters. The van der Waals surface area contributed by atoms with Crippen LogP contribution in [0.25, 0.3) is 0 Å². The number of aliphatic imine (C=N–C) groups is 1. The van der Waals surface area contributed by atoms with Gasteiger partial charge >= 0.3 is 0 Å². The summed E-state index contributed by atoms with van der Waals surface area (Å²) in [6.07, 6.45) is 3.33. The lowest BCUT2D eigenvalue weighted by molar-refractivity contribution is 1.03. The molecule has 0 amide bonds. The smallest absolute Gasteiger partial charge is 0.0653 e. The van der Waals surface area contributed by atoms with E-state index in [1.807, 2.05) is 0 Å². The molecule has 1 aliphatic rings. The molecule has 1 heteroatoms. The molecule has 0 bridgehead atoms. The summed E-state index contributed by atoms with van der Waals surface area (Å²) in [4.78, 5) is 4.54. The van der Waals surface area contributed by atoms with Crippen LogP contribution in [0.3, 0.4) is 0 Å². The number of hydrogen-bond acceptors (Lipinski definition) is 1. The van der Waals surface area contributed by atoms with Crippen LogP contribution < -0.4 is 0 Å². The van der Waals surface area contributed by atoms with Crippen molar-refractivity contribution in [2.24, 2.45) is 4.99 Å². The highest BCUT2D eigenvalue weighted by Gasteiger charge is 2.09. The van der Waals surface area contributed by atoms with E-state index >= 15 is 0 Å². The Morgan fingerprint density at radius 1 is 1.29 bits per heavy atom. The lowest BCUT2D eigenvalue weighted by Gasteiger charge is -2.02. The maximum atomic E-state index is 4.54. The minimum atomic E-state index is 0.889. The van der Waals surface area contributed by atoms with E-state index in [9.17, 15) is 0 Å². The van der Waals surface area contributed by atoms with Gasteiger partial charge in [-0.2, -0.15) is 0 Å². The summed E-state index contributed by atoms with van der Waals surface area (Å²) in [5.41, 5.74) is 5.17. The summed E-state index contributed by atoms with van der Waals surface area (Å²) in [6, 6.07) is 8.42. The second-order valence-electron chi connectivity index (χ2n) is 3.67. The Morgan fingerprint density at radius 2 is 2.07 bits per heavy atom. The van der Waals surface area contributed by atoms with Crippen molar-refractivity contribution in [1.82, 2.24) is 0 Å². The van der Waals surface area contributed by atoms with Crippen LogP contribution in [0, 0.1) is 6.92 Å². The fourth-order valence-corrected chi connectivity index (χ4v) is 1.71. The van der Waals surface area contributed by atoms with E-state index in [0.717, 1.165) is 18.7 Å². The third-order valence-corrected chi connectivity index (χ3v) is 2.67. The van der Waals surface area contributed by atoms with Crippen molar-refractivity contribution in [1.29, 1.82) is 0 Å². The third-order valence-electron chi connectivity index (χ3n) is 2.67. The van der Waals surface area contributed by atoms with E-state index < -0.39 is 0 Å². The molecular weight excluding hydrogens is 170 g/mol. The van der Waals surface area contributed by atoms with Crippen molar-refractivity contribution in [3.8, 4) is 0 Å². The van der Waals surface area contributed by atoms with Crippen LogP contribution in [0.1, 0.15) is 24.5 Å². The summed E-state index contributed by atoms with van der Waals surface area (Å²) in [7, 11) is 0. The van der Waals surface area contributed by atoms with Gasteiger partial charge in [0.1, 0.15) is 0 Å². The van der Waals surface area contributed by atoms with Gasteiger partial charge in [0, 0.05) is 5.56 Å². The Balaban J connectivity index is 2.34. The molecule has 0 saturated carbocycles. The molecule has 0 unspecified atom stereocenters. The van der Waals surface area contributed by atoms with Crippen molar-refractivity contribution in [3.63, 3.8) is 0 Å². The van der Waals surface area contributed by atoms with Gasteiger partial charge in [-0.3, -0.25) is 4.99 Å². The van der Waals surface area contributed by atoms with Crippen molar-refractivity contribution in [3.05, 3.63) is 47.0 Å². The number of allylic oxidation sites excluding steroid dienone is 1. The Bertz CT molecular complexity index is 399. The first-order valence-corrected chi connectivity index (χ1v) is 5.11. The van der Waals surface area contributed by atoms with Gasteiger partial charge in [0.15, 0.2) is 0 Å². The molecule has 0 saturated heterocycles. The van der Waals surface area contributed by atoms with Crippen LogP contribution in [-0.2, 0) is 0 Å². The fraction of sp³-hybridized carbons (Fsp3) is 0.308. The number of nitrogens with zero attached hydrogens (tertiary/aromatic N) is 1. The minimum Gasteiger partial charge on any atom is -0.280 e. The van der Waals surface area contributed by atoms with Gasteiger partial charge < -0.3 is 0 Å². The Morgan fingerprint density at radius 3 is 2.71 bits per heavy atom. The van der Waals surface area contributed by atoms with Crippen molar-refractivity contribution >= 4 is 5.71 Å². The van der Waals surface area contributed by atoms with Gasteiger partial charge in [0.05, 0.1) is 12.3 Å². The average Bonchev–Trinajstić information content (AvgIpc) is 2.67. The maximum absolute atomic E-state index is 4.54. The van der Waals surface area contributed by atoms with Crippen LogP contribution in [0.2, 0.25) is 0 Å². The van der Waals surface area contributed by atoms with Gasteiger partial charge in [-0.25, -0.2) is 0 Å². The quantitative estimate of drug-likeness (QED) is 0.671. The fourth-order valence-electron chi connectivity index (χ4n) is 1.71. The molecule has 72 valence electrons. The summed E-state index contributed by atoms with van der Waals surface area (Å²) < 4.78 is 0. The molecule has 2 rings (SSSR count). The van der Waals surface area contributed by atoms with E-state index in [0.29, 0.717) is 0 Å². The monoisotopic (exact) mass is 185 g/mol. The van der Waals surface area contributed by atoms with E-state index in [4.69, 9.17) is 0 Å². The van der Waals surface area contributed by atoms with Gasteiger partial charge in [0.25, 0.3) is 0 Å². The molecule has 1 heterocycles. The summed E-state index contributed by atoms with van der Waals surface area (Å²) in [6.45, 7) is 5.21. The predicted octanol–water partition coefficient (Wildman–Crippen LogP) is 3.13. The van der Waals surface area contributed by atoms with E-state index in [1.54, 1.807) is 0 Å². The van der Waals surface area contributed by atoms with Crippen molar-refractivity contribution < 1.29 is 0 Å². The summed E-state index contributed by atoms with van der Waals surface area (Å²) in [5, 5.41) is 0.